The standard InChI is InChI=1S/C36H40ClN3O5S/c1-26(2)23-38-36(42)33(21-28-11-7-5-8-12-28)39(24-29-13-9-6-10-14-29)35(41)25-40(32-22-30(37)17-20-34(32)45-4)46(43,44)31-18-15-27(3)16-19-31/h5-20,22,26,33H,21,23-25H2,1-4H3,(H,38,42)/t33-/m0/s1. The number of amides is 2. The van der Waals surface area contributed by atoms with Crippen molar-refractivity contribution in [3.63, 3.8) is 0 Å². The van der Waals surface area contributed by atoms with E-state index >= 15 is 0 Å². The van der Waals surface area contributed by atoms with Crippen molar-refractivity contribution < 1.29 is 22.7 Å². The number of hydrogen-bond acceptors (Lipinski definition) is 5. The minimum absolute atomic E-state index is 0.00181. The Labute approximate surface area is 277 Å². The lowest BCUT2D eigenvalue weighted by atomic mass is 10.0. The highest BCUT2D eigenvalue weighted by Crippen LogP contribution is 2.35. The summed E-state index contributed by atoms with van der Waals surface area (Å²) < 4.78 is 35.1. The number of nitrogens with one attached hydrogen (secondary N) is 1. The third-order valence-electron chi connectivity index (χ3n) is 7.45. The molecule has 2 amide bonds. The van der Waals surface area contributed by atoms with Gasteiger partial charge in [-0.15, -0.1) is 0 Å². The van der Waals surface area contributed by atoms with Crippen LogP contribution in [0.4, 0.5) is 5.69 Å². The highest BCUT2D eigenvalue weighted by Gasteiger charge is 2.35. The first-order chi connectivity index (χ1) is 22.0. The monoisotopic (exact) mass is 661 g/mol. The van der Waals surface area contributed by atoms with Gasteiger partial charge in [0, 0.05) is 24.5 Å². The highest BCUT2D eigenvalue weighted by atomic mass is 35.5. The molecule has 0 aliphatic carbocycles. The molecule has 4 aromatic rings. The van der Waals surface area contributed by atoms with Gasteiger partial charge < -0.3 is 15.0 Å². The first-order valence-electron chi connectivity index (χ1n) is 15.1. The van der Waals surface area contributed by atoms with Crippen molar-refractivity contribution in [3.05, 3.63) is 125 Å². The molecule has 10 heteroatoms. The number of carbonyl (C=O) groups excluding carboxylic acids is 2. The summed E-state index contributed by atoms with van der Waals surface area (Å²) in [5.74, 6) is -0.486. The van der Waals surface area contributed by atoms with Gasteiger partial charge in [0.05, 0.1) is 17.7 Å². The van der Waals surface area contributed by atoms with E-state index in [2.05, 4.69) is 5.32 Å². The van der Waals surface area contributed by atoms with Crippen molar-refractivity contribution in [1.82, 2.24) is 10.2 Å². The molecule has 0 unspecified atom stereocenters. The summed E-state index contributed by atoms with van der Waals surface area (Å²) in [7, 11) is -2.88. The van der Waals surface area contributed by atoms with E-state index in [9.17, 15) is 18.0 Å². The molecule has 1 N–H and O–H groups in total. The second kappa shape index (κ2) is 15.8. The Morgan fingerprint density at radius 3 is 2.07 bits per heavy atom. The second-order valence-corrected chi connectivity index (χ2v) is 13.8. The van der Waals surface area contributed by atoms with Crippen LogP contribution < -0.4 is 14.4 Å². The number of rotatable bonds is 14. The van der Waals surface area contributed by atoms with Crippen LogP contribution in [0.1, 0.15) is 30.5 Å². The Balaban J connectivity index is 1.83. The van der Waals surface area contributed by atoms with Gasteiger partial charge in [0.1, 0.15) is 18.3 Å². The van der Waals surface area contributed by atoms with Gasteiger partial charge in [0.2, 0.25) is 11.8 Å². The maximum absolute atomic E-state index is 14.6. The molecule has 0 heterocycles. The lowest BCUT2D eigenvalue weighted by Gasteiger charge is -2.34. The van der Waals surface area contributed by atoms with Crippen LogP contribution in [0.5, 0.6) is 5.75 Å². The number of halogens is 1. The van der Waals surface area contributed by atoms with Gasteiger partial charge in [0.25, 0.3) is 10.0 Å². The largest absolute Gasteiger partial charge is 0.495 e. The van der Waals surface area contributed by atoms with E-state index in [1.165, 1.54) is 30.2 Å². The third kappa shape index (κ3) is 8.89. The van der Waals surface area contributed by atoms with Gasteiger partial charge in [-0.2, -0.15) is 0 Å². The molecular formula is C36H40ClN3O5S. The van der Waals surface area contributed by atoms with E-state index in [1.54, 1.807) is 24.3 Å². The molecule has 0 radical (unpaired) electrons. The molecule has 4 rings (SSSR count). The van der Waals surface area contributed by atoms with Crippen LogP contribution in [-0.2, 0) is 32.6 Å². The molecule has 0 saturated carbocycles. The zero-order chi connectivity index (χ0) is 33.3. The number of methoxy groups -OCH3 is 1. The average Bonchev–Trinajstić information content (AvgIpc) is 3.05. The molecule has 4 aromatic carbocycles. The number of benzene rings is 4. The molecule has 242 valence electrons. The normalized spacial score (nSPS) is 12.0. The number of anilines is 1. The van der Waals surface area contributed by atoms with E-state index < -0.39 is 28.5 Å². The van der Waals surface area contributed by atoms with Crippen LogP contribution in [0, 0.1) is 12.8 Å². The minimum atomic E-state index is -4.30. The number of aryl methyl sites for hydroxylation is 1. The van der Waals surface area contributed by atoms with E-state index in [-0.39, 0.29) is 46.1 Å². The molecule has 0 spiro atoms. The van der Waals surface area contributed by atoms with Gasteiger partial charge in [-0.3, -0.25) is 13.9 Å². The van der Waals surface area contributed by atoms with Gasteiger partial charge in [-0.25, -0.2) is 8.42 Å². The van der Waals surface area contributed by atoms with Crippen LogP contribution in [-0.4, -0.2) is 51.4 Å². The fourth-order valence-corrected chi connectivity index (χ4v) is 6.55. The Hall–Kier alpha value is -4.34. The van der Waals surface area contributed by atoms with Crippen LogP contribution in [0.2, 0.25) is 5.02 Å². The Morgan fingerprint density at radius 2 is 1.48 bits per heavy atom. The summed E-state index contributed by atoms with van der Waals surface area (Å²) in [5.41, 5.74) is 2.64. The number of nitrogens with zero attached hydrogens (tertiary/aromatic N) is 2. The molecule has 0 aliphatic rings. The number of carbonyl (C=O) groups is 2. The fraction of sp³-hybridized carbons (Fsp3) is 0.278. The van der Waals surface area contributed by atoms with Crippen LogP contribution >= 0.6 is 11.6 Å². The van der Waals surface area contributed by atoms with Gasteiger partial charge >= 0.3 is 0 Å². The van der Waals surface area contributed by atoms with Gasteiger partial charge in [-0.1, -0.05) is 104 Å². The summed E-state index contributed by atoms with van der Waals surface area (Å²) in [6, 6.07) is 28.8. The van der Waals surface area contributed by atoms with Crippen molar-refractivity contribution in [2.45, 2.75) is 44.7 Å². The number of ether oxygens (including phenoxy) is 1. The zero-order valence-electron chi connectivity index (χ0n) is 26.5. The smallest absolute Gasteiger partial charge is 0.264 e. The molecule has 0 saturated heterocycles. The summed E-state index contributed by atoms with van der Waals surface area (Å²) in [4.78, 5) is 29.9. The maximum Gasteiger partial charge on any atom is 0.264 e. The molecule has 1 atom stereocenters. The Kier molecular flexibility index (Phi) is 11.8. The predicted octanol–water partition coefficient (Wildman–Crippen LogP) is 6.26. The average molecular weight is 662 g/mol. The quantitative estimate of drug-likeness (QED) is 0.172. The van der Waals surface area contributed by atoms with Gasteiger partial charge in [0.15, 0.2) is 0 Å². The van der Waals surface area contributed by atoms with Crippen LogP contribution in [0.25, 0.3) is 0 Å². The fourth-order valence-electron chi connectivity index (χ4n) is 4.97. The van der Waals surface area contributed by atoms with Crippen LogP contribution in [0.15, 0.2) is 108 Å². The van der Waals surface area contributed by atoms with E-state index in [1.807, 2.05) is 81.4 Å². The molecular weight excluding hydrogens is 622 g/mol. The van der Waals surface area contributed by atoms with E-state index in [0.29, 0.717) is 6.54 Å². The SMILES string of the molecule is COc1ccc(Cl)cc1N(CC(=O)N(Cc1ccccc1)[C@@H](Cc1ccccc1)C(=O)NCC(C)C)S(=O)(=O)c1ccc(C)cc1. The maximum atomic E-state index is 14.6. The summed E-state index contributed by atoms with van der Waals surface area (Å²) in [5, 5.41) is 3.26. The van der Waals surface area contributed by atoms with E-state index in [4.69, 9.17) is 16.3 Å². The summed E-state index contributed by atoms with van der Waals surface area (Å²) >= 11 is 6.36. The lowest BCUT2D eigenvalue weighted by molar-refractivity contribution is -0.140. The summed E-state index contributed by atoms with van der Waals surface area (Å²) in [6.07, 6.45) is 0.231. The first-order valence-corrected chi connectivity index (χ1v) is 16.9. The predicted molar refractivity (Wildman–Crippen MR) is 182 cm³/mol. The molecule has 46 heavy (non-hydrogen) atoms. The van der Waals surface area contributed by atoms with Crippen molar-refractivity contribution in [3.8, 4) is 5.75 Å². The molecule has 0 aromatic heterocycles. The van der Waals surface area contributed by atoms with Gasteiger partial charge in [-0.05, 0) is 54.3 Å². The molecule has 0 fully saturated rings. The van der Waals surface area contributed by atoms with Crippen molar-refractivity contribution in [2.24, 2.45) is 5.92 Å². The third-order valence-corrected chi connectivity index (χ3v) is 9.46. The Bertz CT molecular complexity index is 1720. The highest BCUT2D eigenvalue weighted by molar-refractivity contribution is 7.92. The van der Waals surface area contributed by atoms with Crippen LogP contribution in [0.3, 0.4) is 0 Å². The number of hydrogen-bond donors (Lipinski definition) is 1. The van der Waals surface area contributed by atoms with E-state index in [0.717, 1.165) is 21.0 Å². The first kappa shape index (κ1) is 34.5. The van der Waals surface area contributed by atoms with Crippen molar-refractivity contribution >= 4 is 39.1 Å². The topological polar surface area (TPSA) is 96.0 Å². The Morgan fingerprint density at radius 1 is 0.870 bits per heavy atom. The zero-order valence-corrected chi connectivity index (χ0v) is 28.1. The van der Waals surface area contributed by atoms with Crippen molar-refractivity contribution in [2.75, 3.05) is 24.5 Å². The molecule has 0 aliphatic heterocycles. The second-order valence-electron chi connectivity index (χ2n) is 11.5. The molecule has 8 nitrogen and oxygen atoms in total. The summed E-state index contributed by atoms with van der Waals surface area (Å²) in [6.45, 7) is 5.73. The lowest BCUT2D eigenvalue weighted by Crippen LogP contribution is -2.53. The number of sulfonamides is 1. The van der Waals surface area contributed by atoms with Crippen molar-refractivity contribution in [1.29, 1.82) is 0 Å². The minimum Gasteiger partial charge on any atom is -0.495 e. The molecule has 0 bridgehead atoms.